The molecule has 0 spiro atoms. The number of carbonyl (C=O) groups is 1. The average Bonchev–Trinajstić information content (AvgIpc) is 3.07. The van der Waals surface area contributed by atoms with Crippen molar-refractivity contribution in [2.75, 3.05) is 13.2 Å². The molecule has 3 aromatic rings. The molecule has 0 unspecified atom stereocenters. The monoisotopic (exact) mass is 446 g/mol. The Morgan fingerprint density at radius 3 is 2.41 bits per heavy atom. The molecule has 2 aromatic carbocycles. The Morgan fingerprint density at radius 1 is 1.03 bits per heavy atom. The van der Waals surface area contributed by atoms with Crippen LogP contribution in [0, 0.1) is 11.8 Å². The van der Waals surface area contributed by atoms with E-state index in [1.54, 1.807) is 6.20 Å². The van der Waals surface area contributed by atoms with E-state index in [-0.39, 0.29) is 5.92 Å². The van der Waals surface area contributed by atoms with E-state index in [4.69, 9.17) is 4.74 Å². The number of hydrogen-bond donors (Lipinski definition) is 1. The Balaban J connectivity index is 1.30. The molecule has 0 bridgehead atoms. The smallest absolute Gasteiger partial charge is 0.407 e. The van der Waals surface area contributed by atoms with Crippen LogP contribution in [0.5, 0.6) is 0 Å². The average molecular weight is 447 g/mol. The van der Waals surface area contributed by atoms with Crippen molar-refractivity contribution in [2.24, 2.45) is 0 Å². The van der Waals surface area contributed by atoms with Crippen molar-refractivity contribution in [1.82, 2.24) is 10.3 Å². The zero-order valence-corrected chi connectivity index (χ0v) is 17.3. The second-order valence-corrected chi connectivity index (χ2v) is 7.40. The Hall–Kier alpha value is -3.10. The minimum absolute atomic E-state index is 0.0656. The summed E-state index contributed by atoms with van der Waals surface area (Å²) in [5, 5.41) is 2.76. The van der Waals surface area contributed by atoms with E-state index >= 15 is 0 Å². The molecule has 4 nitrogen and oxygen atoms in total. The first-order valence-corrected chi connectivity index (χ1v) is 10.2. The molecule has 5 heteroatoms. The molecule has 0 atom stereocenters. The molecular weight excluding hydrogens is 428 g/mol. The Kier molecular flexibility index (Phi) is 5.92. The quantitative estimate of drug-likeness (QED) is 0.343. The molecule has 0 radical (unpaired) electrons. The third kappa shape index (κ3) is 4.33. The summed E-state index contributed by atoms with van der Waals surface area (Å²) in [4.78, 5) is 16.2. The summed E-state index contributed by atoms with van der Waals surface area (Å²) < 4.78 is 6.23. The lowest BCUT2D eigenvalue weighted by atomic mass is 9.98. The predicted octanol–water partition coefficient (Wildman–Crippen LogP) is 5.12. The van der Waals surface area contributed by atoms with Crippen LogP contribution in [0.25, 0.3) is 11.1 Å². The van der Waals surface area contributed by atoms with E-state index in [0.29, 0.717) is 19.6 Å². The van der Waals surface area contributed by atoms with E-state index in [1.807, 2.05) is 36.4 Å². The van der Waals surface area contributed by atoms with Gasteiger partial charge in [-0.05, 0) is 50.3 Å². The van der Waals surface area contributed by atoms with Gasteiger partial charge >= 0.3 is 6.09 Å². The van der Waals surface area contributed by atoms with E-state index in [2.05, 4.69) is 62.3 Å². The highest BCUT2D eigenvalue weighted by Gasteiger charge is 2.28. The summed E-state index contributed by atoms with van der Waals surface area (Å²) in [6.45, 7) is 0.746. The third-order valence-electron chi connectivity index (χ3n) is 4.85. The number of aromatic nitrogens is 1. The number of pyridine rings is 1. The Labute approximate surface area is 178 Å². The van der Waals surface area contributed by atoms with Gasteiger partial charge in [0.15, 0.2) is 0 Å². The van der Waals surface area contributed by atoms with E-state index in [9.17, 15) is 4.79 Å². The van der Waals surface area contributed by atoms with Gasteiger partial charge in [0, 0.05) is 25.1 Å². The number of fused-ring (bicyclic) bond motifs is 3. The number of halogens is 1. The van der Waals surface area contributed by atoms with Gasteiger partial charge in [0.2, 0.25) is 0 Å². The van der Waals surface area contributed by atoms with Crippen molar-refractivity contribution in [3.63, 3.8) is 0 Å². The molecule has 1 aromatic heterocycles. The lowest BCUT2D eigenvalue weighted by Gasteiger charge is -2.14. The molecule has 1 aliphatic carbocycles. The van der Waals surface area contributed by atoms with Gasteiger partial charge in [0.05, 0.1) is 5.56 Å². The van der Waals surface area contributed by atoms with Crippen LogP contribution in [0.15, 0.2) is 71.5 Å². The maximum absolute atomic E-state index is 12.1. The molecule has 4 rings (SSSR count). The minimum atomic E-state index is -0.420. The minimum Gasteiger partial charge on any atom is -0.449 e. The molecule has 1 amide bonds. The first-order valence-electron chi connectivity index (χ1n) is 9.42. The third-order valence-corrected chi connectivity index (χ3v) is 5.48. The van der Waals surface area contributed by atoms with Gasteiger partial charge in [-0.25, -0.2) is 9.78 Å². The van der Waals surface area contributed by atoms with Crippen LogP contribution in [-0.4, -0.2) is 24.2 Å². The summed E-state index contributed by atoms with van der Waals surface area (Å²) >= 11 is 3.36. The molecule has 1 aliphatic rings. The molecule has 0 fully saturated rings. The summed E-state index contributed by atoms with van der Waals surface area (Å²) in [5.41, 5.74) is 5.67. The lowest BCUT2D eigenvalue weighted by Crippen LogP contribution is -2.26. The number of carbonyl (C=O) groups excluding carboxylic acids is 1. The number of benzene rings is 2. The van der Waals surface area contributed by atoms with Gasteiger partial charge < -0.3 is 10.1 Å². The standard InChI is InChI=1S/C24H19BrN2O2/c25-23-17(9-7-15-26-23)8-5-6-14-27-24(28)29-16-22-20-12-3-1-10-18(20)19-11-2-4-13-21(19)22/h1-4,7,9-13,15,22H,6,14,16H2,(H,27,28). The zero-order valence-electron chi connectivity index (χ0n) is 15.7. The van der Waals surface area contributed by atoms with Crippen molar-refractivity contribution in [1.29, 1.82) is 0 Å². The normalized spacial score (nSPS) is 11.8. The summed E-state index contributed by atoms with van der Waals surface area (Å²) in [6, 6.07) is 20.3. The van der Waals surface area contributed by atoms with Gasteiger partial charge in [-0.2, -0.15) is 0 Å². The number of amides is 1. The van der Waals surface area contributed by atoms with Gasteiger partial charge in [0.1, 0.15) is 11.2 Å². The number of hydrogen-bond acceptors (Lipinski definition) is 3. The van der Waals surface area contributed by atoms with Crippen LogP contribution >= 0.6 is 15.9 Å². The summed E-state index contributed by atoms with van der Waals surface area (Å²) in [5.74, 6) is 6.13. The van der Waals surface area contributed by atoms with Crippen LogP contribution in [0.1, 0.15) is 29.0 Å². The lowest BCUT2D eigenvalue weighted by molar-refractivity contribution is 0.143. The molecule has 144 valence electrons. The second-order valence-electron chi connectivity index (χ2n) is 6.65. The predicted molar refractivity (Wildman–Crippen MR) is 117 cm³/mol. The van der Waals surface area contributed by atoms with E-state index in [0.717, 1.165) is 10.2 Å². The van der Waals surface area contributed by atoms with Crippen LogP contribution < -0.4 is 5.32 Å². The van der Waals surface area contributed by atoms with Crippen LogP contribution in [0.2, 0.25) is 0 Å². The van der Waals surface area contributed by atoms with Gasteiger partial charge in [-0.3, -0.25) is 0 Å². The fourth-order valence-electron chi connectivity index (χ4n) is 3.51. The highest BCUT2D eigenvalue weighted by molar-refractivity contribution is 9.10. The van der Waals surface area contributed by atoms with Crippen molar-refractivity contribution in [3.05, 3.63) is 88.2 Å². The number of alkyl carbamates (subject to hydrolysis) is 1. The molecule has 1 heterocycles. The van der Waals surface area contributed by atoms with Gasteiger partial charge in [-0.1, -0.05) is 60.4 Å². The fourth-order valence-corrected chi connectivity index (χ4v) is 3.86. The number of nitrogens with one attached hydrogen (secondary N) is 1. The van der Waals surface area contributed by atoms with Crippen LogP contribution in [-0.2, 0) is 4.74 Å². The van der Waals surface area contributed by atoms with Crippen molar-refractivity contribution in [3.8, 4) is 23.0 Å². The molecule has 0 saturated heterocycles. The first kappa shape index (κ1) is 19.2. The van der Waals surface area contributed by atoms with Crippen LogP contribution in [0.3, 0.4) is 0 Å². The first-order chi connectivity index (χ1) is 14.2. The van der Waals surface area contributed by atoms with Gasteiger partial charge in [-0.15, -0.1) is 0 Å². The molecule has 0 aliphatic heterocycles. The number of rotatable bonds is 4. The SMILES string of the molecule is O=C(NCCC#Cc1cccnc1Br)OCC1c2ccccc2-c2ccccc21. The topological polar surface area (TPSA) is 51.2 Å². The largest absolute Gasteiger partial charge is 0.449 e. The molecular formula is C24H19BrN2O2. The second kappa shape index (κ2) is 8.93. The van der Waals surface area contributed by atoms with E-state index in [1.165, 1.54) is 22.3 Å². The maximum Gasteiger partial charge on any atom is 0.407 e. The van der Waals surface area contributed by atoms with Crippen molar-refractivity contribution >= 4 is 22.0 Å². The maximum atomic E-state index is 12.1. The van der Waals surface area contributed by atoms with Crippen molar-refractivity contribution < 1.29 is 9.53 Å². The summed E-state index contributed by atoms with van der Waals surface area (Å²) in [7, 11) is 0. The fraction of sp³-hybridized carbons (Fsp3) is 0.167. The number of nitrogens with zero attached hydrogens (tertiary/aromatic N) is 1. The Bertz CT molecular complexity index is 1060. The van der Waals surface area contributed by atoms with Gasteiger partial charge in [0.25, 0.3) is 0 Å². The highest BCUT2D eigenvalue weighted by Crippen LogP contribution is 2.44. The van der Waals surface area contributed by atoms with E-state index < -0.39 is 6.09 Å². The Morgan fingerprint density at radius 2 is 1.72 bits per heavy atom. The van der Waals surface area contributed by atoms with Crippen LogP contribution in [0.4, 0.5) is 4.79 Å². The van der Waals surface area contributed by atoms with Crippen molar-refractivity contribution in [2.45, 2.75) is 12.3 Å². The number of ether oxygens (including phenoxy) is 1. The molecule has 1 N–H and O–H groups in total. The summed E-state index contributed by atoms with van der Waals surface area (Å²) in [6.07, 6.45) is 1.82. The zero-order chi connectivity index (χ0) is 20.1. The molecule has 29 heavy (non-hydrogen) atoms. The molecule has 0 saturated carbocycles. The highest BCUT2D eigenvalue weighted by atomic mass is 79.9.